The van der Waals surface area contributed by atoms with Gasteiger partial charge < -0.3 is 13.8 Å². The van der Waals surface area contributed by atoms with E-state index in [-0.39, 0.29) is 6.16 Å². The predicted molar refractivity (Wildman–Crippen MR) is 119 cm³/mol. The van der Waals surface area contributed by atoms with E-state index in [1.807, 2.05) is 59.3 Å². The lowest BCUT2D eigenvalue weighted by molar-refractivity contribution is 0.219. The van der Waals surface area contributed by atoms with Crippen LogP contribution in [0.2, 0.25) is 5.02 Å². The first-order chi connectivity index (χ1) is 14.5. The zero-order valence-electron chi connectivity index (χ0n) is 17.4. The third-order valence-electron chi connectivity index (χ3n) is 4.45. The summed E-state index contributed by atoms with van der Waals surface area (Å²) in [5, 5.41) is 5.35. The van der Waals surface area contributed by atoms with Gasteiger partial charge in [-0.25, -0.2) is 0 Å². The maximum atomic E-state index is 13.0. The highest BCUT2D eigenvalue weighted by Crippen LogP contribution is 2.51. The summed E-state index contributed by atoms with van der Waals surface area (Å²) < 4.78 is 31.0. The van der Waals surface area contributed by atoms with Crippen molar-refractivity contribution in [1.82, 2.24) is 9.78 Å². The molecule has 3 rings (SSSR count). The first-order valence-electron chi connectivity index (χ1n) is 9.80. The van der Waals surface area contributed by atoms with Crippen LogP contribution in [0.4, 0.5) is 0 Å². The number of nitrogens with zero attached hydrogens (tertiary/aromatic N) is 2. The molecule has 6 nitrogen and oxygen atoms in total. The number of halogens is 1. The van der Waals surface area contributed by atoms with Gasteiger partial charge in [-0.15, -0.1) is 0 Å². The van der Waals surface area contributed by atoms with Gasteiger partial charge in [0.1, 0.15) is 5.75 Å². The van der Waals surface area contributed by atoms with Crippen molar-refractivity contribution >= 4 is 19.2 Å². The molecule has 0 N–H and O–H groups in total. The van der Waals surface area contributed by atoms with Gasteiger partial charge in [-0.2, -0.15) is 5.10 Å². The molecule has 0 radical (unpaired) electrons. The fraction of sp³-hybridized carbons (Fsp3) is 0.318. The average Bonchev–Trinajstić information content (AvgIpc) is 3.10. The van der Waals surface area contributed by atoms with Gasteiger partial charge in [0, 0.05) is 10.6 Å². The molecule has 0 amide bonds. The lowest BCUT2D eigenvalue weighted by Gasteiger charge is -2.15. The van der Waals surface area contributed by atoms with Crippen molar-refractivity contribution < 1.29 is 18.3 Å². The molecular weight excluding hydrogens is 423 g/mol. The molecule has 0 fully saturated rings. The van der Waals surface area contributed by atoms with Gasteiger partial charge in [-0.3, -0.25) is 9.25 Å². The molecule has 1 heterocycles. The standard InChI is InChI=1S/C22H26ClN2O4P/c1-4-28-30(26,29-5-2)16-20-14-22(18-7-6-8-19(23)13-18)25(24-20)15-17-9-11-21(27-3)12-10-17/h6-14H,4-5,15-16H2,1-3H3. The van der Waals surface area contributed by atoms with E-state index in [1.165, 1.54) is 0 Å². The Morgan fingerprint density at radius 1 is 1.03 bits per heavy atom. The Balaban J connectivity index is 1.97. The van der Waals surface area contributed by atoms with Crippen molar-refractivity contribution in [3.8, 4) is 17.0 Å². The second-order valence-electron chi connectivity index (χ2n) is 6.64. The van der Waals surface area contributed by atoms with Crippen LogP contribution in [0.5, 0.6) is 5.75 Å². The molecule has 0 bridgehead atoms. The van der Waals surface area contributed by atoms with E-state index in [0.717, 1.165) is 22.6 Å². The fourth-order valence-corrected chi connectivity index (χ4v) is 4.96. The highest BCUT2D eigenvalue weighted by Gasteiger charge is 2.26. The molecule has 30 heavy (non-hydrogen) atoms. The highest BCUT2D eigenvalue weighted by molar-refractivity contribution is 7.53. The summed E-state index contributed by atoms with van der Waals surface area (Å²) in [5.41, 5.74) is 3.51. The Labute approximate surface area is 182 Å². The Morgan fingerprint density at radius 2 is 1.73 bits per heavy atom. The molecule has 0 saturated carbocycles. The molecule has 0 spiro atoms. The molecule has 160 valence electrons. The molecule has 3 aromatic rings. The van der Waals surface area contributed by atoms with Crippen molar-refractivity contribution in [3.63, 3.8) is 0 Å². The number of ether oxygens (including phenoxy) is 1. The van der Waals surface area contributed by atoms with E-state index in [1.54, 1.807) is 21.0 Å². The van der Waals surface area contributed by atoms with E-state index in [4.69, 9.17) is 30.5 Å². The van der Waals surface area contributed by atoms with Crippen LogP contribution in [-0.2, 0) is 26.3 Å². The van der Waals surface area contributed by atoms with Gasteiger partial charge in [-0.1, -0.05) is 35.9 Å². The van der Waals surface area contributed by atoms with E-state index in [9.17, 15) is 4.57 Å². The second kappa shape index (κ2) is 10.3. The summed E-state index contributed by atoms with van der Waals surface area (Å²) in [6.45, 7) is 4.76. The number of hydrogen-bond donors (Lipinski definition) is 0. The normalized spacial score (nSPS) is 11.6. The van der Waals surface area contributed by atoms with E-state index in [0.29, 0.717) is 30.5 Å². The molecule has 1 aromatic heterocycles. The third-order valence-corrected chi connectivity index (χ3v) is 6.70. The van der Waals surface area contributed by atoms with Crippen LogP contribution in [0.3, 0.4) is 0 Å². The zero-order valence-corrected chi connectivity index (χ0v) is 19.0. The molecular formula is C22H26ClN2O4P. The number of benzene rings is 2. The topological polar surface area (TPSA) is 62.6 Å². The molecule has 0 unspecified atom stereocenters. The summed E-state index contributed by atoms with van der Waals surface area (Å²) in [7, 11) is -1.62. The van der Waals surface area contributed by atoms with Crippen LogP contribution >= 0.6 is 19.2 Å². The van der Waals surface area contributed by atoms with E-state index < -0.39 is 7.60 Å². The SMILES string of the molecule is CCOP(=O)(Cc1cc(-c2cccc(Cl)c2)n(Cc2ccc(OC)cc2)n1)OCC. The van der Waals surface area contributed by atoms with Crippen LogP contribution < -0.4 is 4.74 Å². The first kappa shape index (κ1) is 22.6. The average molecular weight is 449 g/mol. The molecule has 0 saturated heterocycles. The zero-order chi connectivity index (χ0) is 21.6. The van der Waals surface area contributed by atoms with E-state index >= 15 is 0 Å². The maximum Gasteiger partial charge on any atom is 0.336 e. The molecule has 2 aromatic carbocycles. The number of methoxy groups -OCH3 is 1. The van der Waals surface area contributed by atoms with Crippen molar-refractivity contribution in [2.24, 2.45) is 0 Å². The number of hydrogen-bond acceptors (Lipinski definition) is 5. The minimum absolute atomic E-state index is 0.109. The Bertz CT molecular complexity index is 1010. The molecule has 0 aliphatic carbocycles. The van der Waals surface area contributed by atoms with Gasteiger partial charge >= 0.3 is 7.60 Å². The lowest BCUT2D eigenvalue weighted by atomic mass is 10.1. The van der Waals surface area contributed by atoms with Crippen LogP contribution in [0.15, 0.2) is 54.6 Å². The molecule has 8 heteroatoms. The number of rotatable bonds is 10. The molecule has 0 atom stereocenters. The molecule has 0 aliphatic rings. The Morgan fingerprint density at radius 3 is 2.33 bits per heavy atom. The maximum absolute atomic E-state index is 13.0. The summed E-state index contributed by atoms with van der Waals surface area (Å²) in [6, 6.07) is 17.3. The van der Waals surface area contributed by atoms with Crippen molar-refractivity contribution in [2.45, 2.75) is 26.6 Å². The minimum atomic E-state index is -3.26. The summed E-state index contributed by atoms with van der Waals surface area (Å²) in [6.07, 6.45) is 0.109. The highest BCUT2D eigenvalue weighted by atomic mass is 35.5. The summed E-state index contributed by atoms with van der Waals surface area (Å²) in [4.78, 5) is 0. The second-order valence-corrected chi connectivity index (χ2v) is 9.13. The summed E-state index contributed by atoms with van der Waals surface area (Å²) in [5.74, 6) is 0.796. The fourth-order valence-electron chi connectivity index (χ4n) is 3.17. The van der Waals surface area contributed by atoms with Crippen LogP contribution in [-0.4, -0.2) is 30.1 Å². The van der Waals surface area contributed by atoms with Crippen molar-refractivity contribution in [3.05, 3.63) is 70.9 Å². The van der Waals surface area contributed by atoms with Crippen LogP contribution in [0.1, 0.15) is 25.1 Å². The van der Waals surface area contributed by atoms with Crippen LogP contribution in [0.25, 0.3) is 11.3 Å². The van der Waals surface area contributed by atoms with Gasteiger partial charge in [0.2, 0.25) is 0 Å². The summed E-state index contributed by atoms with van der Waals surface area (Å²) >= 11 is 6.21. The number of aromatic nitrogens is 2. The predicted octanol–water partition coefficient (Wildman–Crippen LogP) is 6.03. The largest absolute Gasteiger partial charge is 0.497 e. The van der Waals surface area contributed by atoms with Crippen molar-refractivity contribution in [1.29, 1.82) is 0 Å². The Kier molecular flexibility index (Phi) is 7.73. The quantitative estimate of drug-likeness (QED) is 0.354. The van der Waals surface area contributed by atoms with Gasteiger partial charge in [-0.05, 0) is 49.7 Å². The minimum Gasteiger partial charge on any atom is -0.497 e. The van der Waals surface area contributed by atoms with Gasteiger partial charge in [0.25, 0.3) is 0 Å². The third kappa shape index (κ3) is 5.73. The van der Waals surface area contributed by atoms with Crippen LogP contribution in [0, 0.1) is 0 Å². The first-order valence-corrected chi connectivity index (χ1v) is 11.9. The van der Waals surface area contributed by atoms with E-state index in [2.05, 4.69) is 0 Å². The smallest absolute Gasteiger partial charge is 0.336 e. The van der Waals surface area contributed by atoms with Gasteiger partial charge in [0.15, 0.2) is 0 Å². The Hall–Kier alpha value is -2.11. The lowest BCUT2D eigenvalue weighted by Crippen LogP contribution is -2.05. The monoisotopic (exact) mass is 448 g/mol. The van der Waals surface area contributed by atoms with Gasteiger partial charge in [0.05, 0.1) is 44.4 Å². The van der Waals surface area contributed by atoms with Crippen molar-refractivity contribution in [2.75, 3.05) is 20.3 Å². The molecule has 0 aliphatic heterocycles.